The molecule has 0 spiro atoms. The van der Waals surface area contributed by atoms with Gasteiger partial charge in [-0.2, -0.15) is 0 Å². The Bertz CT molecular complexity index is 2920. The Morgan fingerprint density at radius 3 is 1.31 bits per heavy atom. The van der Waals surface area contributed by atoms with Crippen molar-refractivity contribution < 1.29 is 43.0 Å². The molecule has 0 saturated carbocycles. The number of epoxide rings is 2. The van der Waals surface area contributed by atoms with Gasteiger partial charge in [-0.05, 0) is 180 Å². The number of hydrogen-bond acceptors (Lipinski definition) is 9. The number of benzene rings is 5. The van der Waals surface area contributed by atoms with E-state index in [0.29, 0.717) is 25.0 Å². The zero-order valence-corrected chi connectivity index (χ0v) is 43.8. The van der Waals surface area contributed by atoms with Crippen LogP contribution in [0.3, 0.4) is 0 Å². The smallest absolute Gasteiger partial charge is 0.135 e. The zero-order valence-electron chi connectivity index (χ0n) is 43.8. The molecule has 2 fully saturated rings. The van der Waals surface area contributed by atoms with Crippen LogP contribution in [0, 0.1) is 101 Å². The fraction of sp³-hybridized carbons (Fsp3) is 0.475. The van der Waals surface area contributed by atoms with Gasteiger partial charge in [-0.25, -0.2) is 0 Å². The summed E-state index contributed by atoms with van der Waals surface area (Å²) in [6.07, 6.45) is 5.24. The van der Waals surface area contributed by atoms with Crippen molar-refractivity contribution in [3.8, 4) is 46.0 Å². The van der Waals surface area contributed by atoms with Gasteiger partial charge < -0.3 is 43.0 Å². The van der Waals surface area contributed by atoms with Crippen LogP contribution in [0.5, 0.6) is 46.0 Å². The normalized spacial score (nSPS) is 23.0. The van der Waals surface area contributed by atoms with E-state index in [1.165, 1.54) is 5.56 Å². The first-order valence-corrected chi connectivity index (χ1v) is 25.5. The maximum Gasteiger partial charge on any atom is 0.135 e. The number of allylic oxidation sites excluding steroid dienone is 2. The molecule has 0 bridgehead atoms. The largest absolute Gasteiger partial charge is 0.490 e. The highest BCUT2D eigenvalue weighted by atomic mass is 16.6. The van der Waals surface area contributed by atoms with E-state index in [4.69, 9.17) is 37.9 Å². The first-order valence-electron chi connectivity index (χ1n) is 25.5. The second-order valence-corrected chi connectivity index (χ2v) is 21.2. The monoisotopic (exact) mass is 949 g/mol. The third kappa shape index (κ3) is 8.14. The highest BCUT2D eigenvalue weighted by Crippen LogP contribution is 2.60. The number of rotatable bonds is 14. The molecule has 0 aromatic heterocycles. The minimum Gasteiger partial charge on any atom is -0.490 e. The summed E-state index contributed by atoms with van der Waals surface area (Å²) in [5, 5.41) is 11.8. The predicted octanol–water partition coefficient (Wildman–Crippen LogP) is 13.1. The number of hydrogen-bond donors (Lipinski definition) is 1. The Kier molecular flexibility index (Phi) is 12.8. The lowest BCUT2D eigenvalue weighted by atomic mass is 9.65. The van der Waals surface area contributed by atoms with Gasteiger partial charge >= 0.3 is 0 Å². The molecule has 4 heterocycles. The SMILES string of the molecule is Cc1c(C)c2c(c(C)c1OCC(O)COc1c(C)c(C)c3c(c1C)C(C1C=CCC(C)C1C)c1c(C)c(OCC4CO4)c(C)c(C)c1O3)C(c1ccccc1)c1c(C)c(OCC3CO3)c(C)c(C)c1O2. The van der Waals surface area contributed by atoms with Crippen molar-refractivity contribution >= 4 is 0 Å². The Labute approximate surface area is 415 Å². The number of fused-ring (bicyclic) bond motifs is 4. The van der Waals surface area contributed by atoms with Crippen molar-refractivity contribution in [3.05, 3.63) is 137 Å². The lowest BCUT2D eigenvalue weighted by Gasteiger charge is -2.42. The van der Waals surface area contributed by atoms with Crippen molar-refractivity contribution in [2.75, 3.05) is 39.6 Å². The highest BCUT2D eigenvalue weighted by molar-refractivity contribution is 5.73. The molecule has 10 rings (SSSR count). The molecular formula is C61H72O9. The summed E-state index contributed by atoms with van der Waals surface area (Å²) in [5.74, 6) is 7.97. The molecule has 1 aliphatic carbocycles. The lowest BCUT2D eigenvalue weighted by molar-refractivity contribution is 0.0615. The Hall–Kier alpha value is -5.48. The number of ether oxygens (including phenoxy) is 8. The quantitative estimate of drug-likeness (QED) is 0.0845. The molecule has 0 amide bonds. The summed E-state index contributed by atoms with van der Waals surface area (Å²) >= 11 is 0. The molecule has 5 aliphatic rings. The molecule has 5 aromatic carbocycles. The van der Waals surface area contributed by atoms with Gasteiger partial charge in [0.2, 0.25) is 0 Å². The van der Waals surface area contributed by atoms with Gasteiger partial charge in [0.15, 0.2) is 0 Å². The average molecular weight is 949 g/mol. The van der Waals surface area contributed by atoms with Crippen LogP contribution in [-0.4, -0.2) is 63.1 Å². The van der Waals surface area contributed by atoms with E-state index in [2.05, 4.69) is 139 Å². The zero-order chi connectivity index (χ0) is 49.6. The van der Waals surface area contributed by atoms with Gasteiger partial charge in [-0.15, -0.1) is 0 Å². The van der Waals surface area contributed by atoms with Gasteiger partial charge in [-0.1, -0.05) is 56.3 Å². The Morgan fingerprint density at radius 1 is 0.514 bits per heavy atom. The fourth-order valence-electron chi connectivity index (χ4n) is 11.9. The molecule has 8 unspecified atom stereocenters. The molecule has 1 N–H and O–H groups in total. The maximum absolute atomic E-state index is 11.8. The van der Waals surface area contributed by atoms with E-state index in [1.54, 1.807) is 0 Å². The summed E-state index contributed by atoms with van der Waals surface area (Å²) < 4.78 is 51.9. The topological polar surface area (TPSA) is 101 Å². The van der Waals surface area contributed by atoms with Crippen LogP contribution < -0.4 is 28.4 Å². The Balaban J connectivity index is 0.968. The summed E-state index contributed by atoms with van der Waals surface area (Å²) in [6, 6.07) is 10.6. The third-order valence-corrected chi connectivity index (χ3v) is 16.9. The van der Waals surface area contributed by atoms with E-state index in [9.17, 15) is 5.11 Å². The standard InChI is InChI=1S/C61H72O9/c1-29-19-18-22-47(30(29)2)53-50-41(13)55(32(4)37(9)60(50)70-61-38(10)34(6)57(42(14)51(53)61)68-28-46-26-64-46)66-24-44(62)23-65-54-31(3)35(7)58-48(39(54)11)52(43-20-16-15-17-21-43)49-40(12)56(67-27-45-25-63-45)33(5)36(8)59(49)69-58/h15-18,20-22,29-30,44-47,52-53,62H,19,23-28H2,1-14H3. The van der Waals surface area contributed by atoms with E-state index < -0.39 is 6.10 Å². The first-order chi connectivity index (χ1) is 33.5. The summed E-state index contributed by atoms with van der Waals surface area (Å²) in [6.45, 7) is 33.0. The van der Waals surface area contributed by atoms with Crippen LogP contribution in [0.2, 0.25) is 0 Å². The lowest BCUT2D eigenvalue weighted by Crippen LogP contribution is -2.31. The van der Waals surface area contributed by atoms with Crippen molar-refractivity contribution in [2.24, 2.45) is 17.8 Å². The molecule has 5 aromatic rings. The highest BCUT2D eigenvalue weighted by Gasteiger charge is 2.44. The maximum atomic E-state index is 11.8. The van der Waals surface area contributed by atoms with Gasteiger partial charge in [0, 0.05) is 34.1 Å². The summed E-state index contributed by atoms with van der Waals surface area (Å²) in [4.78, 5) is 0. The van der Waals surface area contributed by atoms with Crippen molar-refractivity contribution in [3.63, 3.8) is 0 Å². The van der Waals surface area contributed by atoms with Gasteiger partial charge in [-0.3, -0.25) is 0 Å². The average Bonchev–Trinajstić information content (AvgIpc) is 4.31. The van der Waals surface area contributed by atoms with Crippen LogP contribution in [0.25, 0.3) is 0 Å². The van der Waals surface area contributed by atoms with E-state index in [0.717, 1.165) is 155 Å². The minimum atomic E-state index is -0.923. The minimum absolute atomic E-state index is 0.00326. The van der Waals surface area contributed by atoms with Gasteiger partial charge in [0.1, 0.15) is 90.7 Å². The molecule has 9 heteroatoms. The van der Waals surface area contributed by atoms with Crippen LogP contribution in [0.15, 0.2) is 42.5 Å². The van der Waals surface area contributed by atoms with Gasteiger partial charge in [0.05, 0.1) is 13.2 Å². The Morgan fingerprint density at radius 2 is 0.900 bits per heavy atom. The molecule has 4 aliphatic heterocycles. The fourth-order valence-corrected chi connectivity index (χ4v) is 11.9. The molecule has 370 valence electrons. The van der Waals surface area contributed by atoms with E-state index >= 15 is 0 Å². The number of aliphatic hydroxyl groups excluding tert-OH is 1. The van der Waals surface area contributed by atoms with Crippen LogP contribution >= 0.6 is 0 Å². The third-order valence-electron chi connectivity index (χ3n) is 16.9. The second-order valence-electron chi connectivity index (χ2n) is 21.2. The van der Waals surface area contributed by atoms with Crippen molar-refractivity contribution in [1.29, 1.82) is 0 Å². The second kappa shape index (κ2) is 18.6. The van der Waals surface area contributed by atoms with Crippen LogP contribution in [0.1, 0.15) is 127 Å². The molecule has 9 nitrogen and oxygen atoms in total. The number of aliphatic hydroxyl groups is 1. The first kappa shape index (κ1) is 48.2. The van der Waals surface area contributed by atoms with Crippen LogP contribution in [0.4, 0.5) is 0 Å². The predicted molar refractivity (Wildman–Crippen MR) is 275 cm³/mol. The van der Waals surface area contributed by atoms with E-state index in [-0.39, 0.29) is 43.2 Å². The molecule has 2 saturated heterocycles. The van der Waals surface area contributed by atoms with Gasteiger partial charge in [0.25, 0.3) is 0 Å². The molecule has 70 heavy (non-hydrogen) atoms. The van der Waals surface area contributed by atoms with Crippen molar-refractivity contribution in [2.45, 2.75) is 134 Å². The van der Waals surface area contributed by atoms with E-state index in [1.807, 2.05) is 0 Å². The van der Waals surface area contributed by atoms with Crippen LogP contribution in [-0.2, 0) is 9.47 Å². The molecule has 8 atom stereocenters. The summed E-state index contributed by atoms with van der Waals surface area (Å²) in [5.41, 5.74) is 18.3. The molecule has 0 radical (unpaired) electrons. The molecular weight excluding hydrogens is 877 g/mol. The summed E-state index contributed by atoms with van der Waals surface area (Å²) in [7, 11) is 0. The van der Waals surface area contributed by atoms with Crippen molar-refractivity contribution in [1.82, 2.24) is 0 Å².